The molecule has 0 unspecified atom stereocenters. The minimum absolute atomic E-state index is 0.199. The molecule has 1 aromatic heterocycles. The van der Waals surface area contributed by atoms with Gasteiger partial charge in [0.1, 0.15) is 11.6 Å². The van der Waals surface area contributed by atoms with Crippen molar-refractivity contribution >= 4 is 27.5 Å². The van der Waals surface area contributed by atoms with Crippen LogP contribution in [0.4, 0.5) is 0 Å². The van der Waals surface area contributed by atoms with Crippen LogP contribution in [0.2, 0.25) is 0 Å². The molecule has 1 heterocycles. The van der Waals surface area contributed by atoms with Crippen LogP contribution < -0.4 is 4.74 Å². The minimum Gasteiger partial charge on any atom is -0.493 e. The van der Waals surface area contributed by atoms with E-state index in [1.54, 1.807) is 0 Å². The van der Waals surface area contributed by atoms with Gasteiger partial charge >= 0.3 is 0 Å². The summed E-state index contributed by atoms with van der Waals surface area (Å²) in [5, 5.41) is 7.76. The molecule has 0 aliphatic heterocycles. The molecule has 0 bridgehead atoms. The van der Waals surface area contributed by atoms with Gasteiger partial charge in [0.05, 0.1) is 12.2 Å². The van der Waals surface area contributed by atoms with Crippen molar-refractivity contribution < 1.29 is 9.15 Å². The zero-order valence-electron chi connectivity index (χ0n) is 9.11. The van der Waals surface area contributed by atoms with Crippen LogP contribution in [-0.2, 0) is 5.88 Å². The lowest BCUT2D eigenvalue weighted by molar-refractivity contribution is 0.340. The van der Waals surface area contributed by atoms with Crippen LogP contribution in [0.25, 0.3) is 11.5 Å². The number of hydrogen-bond donors (Lipinski definition) is 0. The van der Waals surface area contributed by atoms with Crippen molar-refractivity contribution in [3.8, 4) is 17.2 Å². The van der Waals surface area contributed by atoms with Crippen LogP contribution in [-0.4, -0.2) is 16.8 Å². The lowest BCUT2D eigenvalue weighted by atomic mass is 10.2. The highest BCUT2D eigenvalue weighted by molar-refractivity contribution is 9.10. The Hall–Kier alpha value is -1.07. The largest absolute Gasteiger partial charge is 0.493 e. The lowest BCUT2D eigenvalue weighted by Crippen LogP contribution is -1.94. The van der Waals surface area contributed by atoms with Gasteiger partial charge in [-0.2, -0.15) is 0 Å². The van der Waals surface area contributed by atoms with Crippen LogP contribution in [0.5, 0.6) is 5.75 Å². The Morgan fingerprint density at radius 1 is 1.41 bits per heavy atom. The fourth-order valence-electron chi connectivity index (χ4n) is 1.37. The molecule has 0 radical (unpaired) electrons. The first-order chi connectivity index (χ1) is 8.24. The number of rotatable bonds is 4. The van der Waals surface area contributed by atoms with Gasteiger partial charge in [-0.25, -0.2) is 0 Å². The summed E-state index contributed by atoms with van der Waals surface area (Å²) in [7, 11) is 0. The van der Waals surface area contributed by atoms with E-state index < -0.39 is 0 Å². The van der Waals surface area contributed by atoms with E-state index in [0.29, 0.717) is 24.1 Å². The van der Waals surface area contributed by atoms with Crippen molar-refractivity contribution in [2.75, 3.05) is 6.61 Å². The Balaban J connectivity index is 2.44. The summed E-state index contributed by atoms with van der Waals surface area (Å²) in [4.78, 5) is 0. The van der Waals surface area contributed by atoms with Gasteiger partial charge in [0, 0.05) is 4.47 Å². The van der Waals surface area contributed by atoms with E-state index in [4.69, 9.17) is 20.8 Å². The second-order valence-corrected chi connectivity index (χ2v) is 4.39. The highest BCUT2D eigenvalue weighted by atomic mass is 79.9. The van der Waals surface area contributed by atoms with Crippen molar-refractivity contribution in [3.05, 3.63) is 28.6 Å². The van der Waals surface area contributed by atoms with Gasteiger partial charge in [-0.15, -0.1) is 21.8 Å². The van der Waals surface area contributed by atoms with Gasteiger partial charge in [-0.3, -0.25) is 0 Å². The van der Waals surface area contributed by atoms with Crippen molar-refractivity contribution in [2.24, 2.45) is 0 Å². The first-order valence-corrected chi connectivity index (χ1v) is 6.38. The van der Waals surface area contributed by atoms with E-state index in [9.17, 15) is 0 Å². The normalized spacial score (nSPS) is 10.5. The molecule has 0 fully saturated rings. The monoisotopic (exact) mass is 316 g/mol. The molecule has 17 heavy (non-hydrogen) atoms. The van der Waals surface area contributed by atoms with Crippen LogP contribution in [0.15, 0.2) is 27.1 Å². The fraction of sp³-hybridized carbons (Fsp3) is 0.273. The maximum atomic E-state index is 5.62. The Bertz CT molecular complexity index is 516. The zero-order chi connectivity index (χ0) is 12.3. The molecule has 2 aromatic rings. The standard InChI is InChI=1S/C11H10BrClN2O2/c1-2-16-9-4-3-7(12)5-8(9)11-15-14-10(6-13)17-11/h3-5H,2,6H2,1H3. The second-order valence-electron chi connectivity index (χ2n) is 3.21. The first-order valence-electron chi connectivity index (χ1n) is 5.05. The van der Waals surface area contributed by atoms with Gasteiger partial charge in [-0.05, 0) is 25.1 Å². The molecule has 0 N–H and O–H groups in total. The van der Waals surface area contributed by atoms with Crippen LogP contribution in [0.3, 0.4) is 0 Å². The van der Waals surface area contributed by atoms with E-state index in [-0.39, 0.29) is 5.88 Å². The van der Waals surface area contributed by atoms with E-state index in [2.05, 4.69) is 26.1 Å². The molecule has 0 saturated carbocycles. The summed E-state index contributed by atoms with van der Waals surface area (Å²) in [6.07, 6.45) is 0. The van der Waals surface area contributed by atoms with Crippen LogP contribution >= 0.6 is 27.5 Å². The molecular weight excluding hydrogens is 307 g/mol. The third kappa shape index (κ3) is 2.79. The zero-order valence-corrected chi connectivity index (χ0v) is 11.5. The highest BCUT2D eigenvalue weighted by Crippen LogP contribution is 2.32. The average Bonchev–Trinajstić information content (AvgIpc) is 2.80. The van der Waals surface area contributed by atoms with Gasteiger partial charge in [-0.1, -0.05) is 15.9 Å². The number of halogens is 2. The summed E-state index contributed by atoms with van der Waals surface area (Å²) >= 11 is 9.02. The number of hydrogen-bond acceptors (Lipinski definition) is 4. The molecule has 1 aromatic carbocycles. The molecule has 0 atom stereocenters. The number of ether oxygens (including phenoxy) is 1. The Morgan fingerprint density at radius 3 is 2.88 bits per heavy atom. The molecular formula is C11H10BrClN2O2. The van der Waals surface area contributed by atoms with E-state index in [1.807, 2.05) is 25.1 Å². The second kappa shape index (κ2) is 5.51. The predicted octanol–water partition coefficient (Wildman–Crippen LogP) is 3.64. The van der Waals surface area contributed by atoms with E-state index >= 15 is 0 Å². The summed E-state index contributed by atoms with van der Waals surface area (Å²) < 4.78 is 11.8. The summed E-state index contributed by atoms with van der Waals surface area (Å²) in [6, 6.07) is 5.62. The third-order valence-corrected chi connectivity index (χ3v) is 2.77. The Kier molecular flexibility index (Phi) is 4.02. The Labute approximate surface area is 112 Å². The van der Waals surface area contributed by atoms with Gasteiger partial charge in [0.25, 0.3) is 5.89 Å². The summed E-state index contributed by atoms with van der Waals surface area (Å²) in [6.45, 7) is 2.50. The van der Waals surface area contributed by atoms with Crippen molar-refractivity contribution in [1.29, 1.82) is 0 Å². The molecule has 6 heteroatoms. The molecule has 90 valence electrons. The van der Waals surface area contributed by atoms with Crippen molar-refractivity contribution in [1.82, 2.24) is 10.2 Å². The first kappa shape index (κ1) is 12.4. The maximum absolute atomic E-state index is 5.62. The maximum Gasteiger partial charge on any atom is 0.251 e. The molecule has 4 nitrogen and oxygen atoms in total. The number of benzene rings is 1. The van der Waals surface area contributed by atoms with E-state index in [0.717, 1.165) is 10.0 Å². The van der Waals surface area contributed by atoms with Gasteiger partial charge in [0.15, 0.2) is 0 Å². The minimum atomic E-state index is 0.199. The van der Waals surface area contributed by atoms with Crippen LogP contribution in [0, 0.1) is 0 Å². The Morgan fingerprint density at radius 2 is 2.24 bits per heavy atom. The summed E-state index contributed by atoms with van der Waals surface area (Å²) in [5.41, 5.74) is 0.755. The number of nitrogens with zero attached hydrogens (tertiary/aromatic N) is 2. The van der Waals surface area contributed by atoms with Gasteiger partial charge < -0.3 is 9.15 Å². The van der Waals surface area contributed by atoms with Crippen LogP contribution in [0.1, 0.15) is 12.8 Å². The smallest absolute Gasteiger partial charge is 0.251 e. The van der Waals surface area contributed by atoms with Gasteiger partial charge in [0.2, 0.25) is 5.89 Å². The molecule has 0 aliphatic rings. The van der Waals surface area contributed by atoms with Crippen molar-refractivity contribution in [3.63, 3.8) is 0 Å². The molecule has 0 amide bonds. The fourth-order valence-corrected chi connectivity index (χ4v) is 1.84. The average molecular weight is 318 g/mol. The van der Waals surface area contributed by atoms with E-state index in [1.165, 1.54) is 0 Å². The predicted molar refractivity (Wildman–Crippen MR) is 68.2 cm³/mol. The molecule has 2 rings (SSSR count). The quantitative estimate of drug-likeness (QED) is 0.808. The molecule has 0 saturated heterocycles. The number of aromatic nitrogens is 2. The number of alkyl halides is 1. The molecule has 0 aliphatic carbocycles. The van der Waals surface area contributed by atoms with Crippen molar-refractivity contribution in [2.45, 2.75) is 12.8 Å². The summed E-state index contributed by atoms with van der Waals surface area (Å²) in [5.74, 6) is 1.71. The third-order valence-electron chi connectivity index (χ3n) is 2.05. The molecule has 0 spiro atoms. The highest BCUT2D eigenvalue weighted by Gasteiger charge is 2.13. The topological polar surface area (TPSA) is 48.2 Å². The lowest BCUT2D eigenvalue weighted by Gasteiger charge is -2.07. The SMILES string of the molecule is CCOc1ccc(Br)cc1-c1nnc(CCl)o1.